The van der Waals surface area contributed by atoms with Crippen LogP contribution in [0, 0.1) is 0 Å². The quantitative estimate of drug-likeness (QED) is 0.619. The Hall–Kier alpha value is -2.95. The summed E-state index contributed by atoms with van der Waals surface area (Å²) >= 11 is 0. The number of carbonyl (C=O) groups is 2. The third-order valence-electron chi connectivity index (χ3n) is 3.73. The van der Waals surface area contributed by atoms with Crippen LogP contribution < -0.4 is 10.7 Å². The van der Waals surface area contributed by atoms with Crippen LogP contribution in [0.4, 0.5) is 5.69 Å². The molecule has 0 saturated carbocycles. The maximum Gasteiger partial charge on any atom is 0.271 e. The van der Waals surface area contributed by atoms with E-state index in [-0.39, 0.29) is 11.8 Å². The zero-order chi connectivity index (χ0) is 18.2. The molecular formula is C20H23N3O2. The number of nitrogens with one attached hydrogen (secondary N) is 2. The third-order valence-corrected chi connectivity index (χ3v) is 3.73. The van der Waals surface area contributed by atoms with Crippen molar-refractivity contribution in [1.29, 1.82) is 0 Å². The summed E-state index contributed by atoms with van der Waals surface area (Å²) in [6.07, 6.45) is 2.02. The lowest BCUT2D eigenvalue weighted by Gasteiger charge is -2.05. The van der Waals surface area contributed by atoms with Crippen LogP contribution in [-0.2, 0) is 4.79 Å². The number of amides is 2. The molecule has 25 heavy (non-hydrogen) atoms. The van der Waals surface area contributed by atoms with Gasteiger partial charge in [-0.05, 0) is 41.3 Å². The van der Waals surface area contributed by atoms with E-state index in [0.717, 1.165) is 5.56 Å². The second-order valence-electron chi connectivity index (χ2n) is 6.00. The Morgan fingerprint density at radius 3 is 2.24 bits per heavy atom. The van der Waals surface area contributed by atoms with Crippen molar-refractivity contribution >= 4 is 23.7 Å². The Morgan fingerprint density at radius 2 is 1.68 bits per heavy atom. The molecule has 0 unspecified atom stereocenters. The van der Waals surface area contributed by atoms with Gasteiger partial charge in [0.05, 0.1) is 6.21 Å². The highest BCUT2D eigenvalue weighted by atomic mass is 16.2. The van der Waals surface area contributed by atoms with E-state index in [1.165, 1.54) is 5.56 Å². The molecule has 0 spiro atoms. The normalized spacial score (nSPS) is 10.9. The molecule has 2 aromatic carbocycles. The molecule has 130 valence electrons. The highest BCUT2D eigenvalue weighted by molar-refractivity contribution is 5.96. The summed E-state index contributed by atoms with van der Waals surface area (Å²) in [6, 6.07) is 14.7. The number of carbonyl (C=O) groups excluding carboxylic acids is 2. The van der Waals surface area contributed by atoms with Gasteiger partial charge in [0.25, 0.3) is 5.91 Å². The summed E-state index contributed by atoms with van der Waals surface area (Å²) in [5.74, 6) is 0.115. The van der Waals surface area contributed by atoms with Crippen molar-refractivity contribution in [1.82, 2.24) is 5.43 Å². The third kappa shape index (κ3) is 5.57. The Bertz CT molecular complexity index is 748. The van der Waals surface area contributed by atoms with Crippen LogP contribution in [0.5, 0.6) is 0 Å². The molecule has 2 amide bonds. The van der Waals surface area contributed by atoms with Gasteiger partial charge in [-0.15, -0.1) is 0 Å². The van der Waals surface area contributed by atoms with Crippen LogP contribution >= 0.6 is 0 Å². The molecule has 0 heterocycles. The molecule has 0 radical (unpaired) electrons. The van der Waals surface area contributed by atoms with Crippen LogP contribution in [0.2, 0.25) is 0 Å². The summed E-state index contributed by atoms with van der Waals surface area (Å²) in [7, 11) is 0. The zero-order valence-electron chi connectivity index (χ0n) is 14.7. The highest BCUT2D eigenvalue weighted by Gasteiger charge is 2.05. The average molecular weight is 337 g/mol. The molecule has 0 atom stereocenters. The predicted octanol–water partition coefficient (Wildman–Crippen LogP) is 3.92. The minimum atomic E-state index is -0.302. The average Bonchev–Trinajstić information content (AvgIpc) is 2.62. The van der Waals surface area contributed by atoms with E-state index in [1.54, 1.807) is 37.4 Å². The topological polar surface area (TPSA) is 70.6 Å². The highest BCUT2D eigenvalue weighted by Crippen LogP contribution is 2.14. The van der Waals surface area contributed by atoms with Crippen molar-refractivity contribution in [2.45, 2.75) is 33.1 Å². The Morgan fingerprint density at radius 1 is 1.04 bits per heavy atom. The van der Waals surface area contributed by atoms with E-state index in [0.29, 0.717) is 23.6 Å². The SMILES string of the molecule is CCC(=O)Nc1ccc(C(=O)N/N=C\c2ccc(C(C)C)cc2)cc1. The molecule has 0 saturated heterocycles. The van der Waals surface area contributed by atoms with Crippen molar-refractivity contribution in [2.24, 2.45) is 5.10 Å². The number of hydrogen-bond donors (Lipinski definition) is 2. The molecule has 0 aliphatic heterocycles. The first-order chi connectivity index (χ1) is 12.0. The van der Waals surface area contributed by atoms with Crippen molar-refractivity contribution in [2.75, 3.05) is 5.32 Å². The second-order valence-corrected chi connectivity index (χ2v) is 6.00. The molecule has 5 heteroatoms. The molecule has 2 aromatic rings. The maximum absolute atomic E-state index is 12.1. The number of rotatable bonds is 6. The fraction of sp³-hybridized carbons (Fsp3) is 0.250. The van der Waals surface area contributed by atoms with Crippen LogP contribution in [0.1, 0.15) is 54.6 Å². The lowest BCUT2D eigenvalue weighted by atomic mass is 10.0. The van der Waals surface area contributed by atoms with Crippen molar-refractivity contribution in [3.63, 3.8) is 0 Å². The van der Waals surface area contributed by atoms with E-state index < -0.39 is 0 Å². The molecular weight excluding hydrogens is 314 g/mol. The van der Waals surface area contributed by atoms with Crippen molar-refractivity contribution in [3.05, 3.63) is 65.2 Å². The van der Waals surface area contributed by atoms with E-state index in [1.807, 2.05) is 12.1 Å². The fourth-order valence-electron chi connectivity index (χ4n) is 2.15. The molecule has 0 fully saturated rings. The largest absolute Gasteiger partial charge is 0.326 e. The number of hydrazone groups is 1. The van der Waals surface area contributed by atoms with Gasteiger partial charge in [0.15, 0.2) is 0 Å². The van der Waals surface area contributed by atoms with Gasteiger partial charge < -0.3 is 5.32 Å². The first kappa shape index (κ1) is 18.4. The van der Waals surface area contributed by atoms with E-state index in [9.17, 15) is 9.59 Å². The first-order valence-electron chi connectivity index (χ1n) is 8.33. The van der Waals surface area contributed by atoms with Gasteiger partial charge in [-0.25, -0.2) is 5.43 Å². The predicted molar refractivity (Wildman–Crippen MR) is 101 cm³/mol. The number of benzene rings is 2. The van der Waals surface area contributed by atoms with Crippen LogP contribution in [-0.4, -0.2) is 18.0 Å². The van der Waals surface area contributed by atoms with Gasteiger partial charge in [-0.3, -0.25) is 9.59 Å². The summed E-state index contributed by atoms with van der Waals surface area (Å²) in [5, 5.41) is 6.72. The summed E-state index contributed by atoms with van der Waals surface area (Å²) in [6.45, 7) is 6.07. The minimum Gasteiger partial charge on any atom is -0.326 e. The van der Waals surface area contributed by atoms with Gasteiger partial charge in [-0.1, -0.05) is 45.0 Å². The number of anilines is 1. The van der Waals surface area contributed by atoms with Gasteiger partial charge in [0.1, 0.15) is 0 Å². The molecule has 0 aliphatic rings. The van der Waals surface area contributed by atoms with Gasteiger partial charge in [-0.2, -0.15) is 5.10 Å². The monoisotopic (exact) mass is 337 g/mol. The van der Waals surface area contributed by atoms with E-state index in [4.69, 9.17) is 0 Å². The Kier molecular flexibility index (Phi) is 6.46. The smallest absolute Gasteiger partial charge is 0.271 e. The number of hydrogen-bond acceptors (Lipinski definition) is 3. The lowest BCUT2D eigenvalue weighted by molar-refractivity contribution is -0.115. The lowest BCUT2D eigenvalue weighted by Crippen LogP contribution is -2.17. The number of nitrogens with zero attached hydrogens (tertiary/aromatic N) is 1. The van der Waals surface area contributed by atoms with Gasteiger partial charge in [0, 0.05) is 17.7 Å². The van der Waals surface area contributed by atoms with Crippen molar-refractivity contribution in [3.8, 4) is 0 Å². The Labute approximate surface area is 148 Å². The minimum absolute atomic E-state index is 0.0645. The summed E-state index contributed by atoms with van der Waals surface area (Å²) < 4.78 is 0. The fourth-order valence-corrected chi connectivity index (χ4v) is 2.15. The molecule has 5 nitrogen and oxygen atoms in total. The van der Waals surface area contributed by atoms with Crippen LogP contribution in [0.25, 0.3) is 0 Å². The van der Waals surface area contributed by atoms with E-state index in [2.05, 4.69) is 41.8 Å². The molecule has 2 rings (SSSR count). The summed E-state index contributed by atoms with van der Waals surface area (Å²) in [5.41, 5.74) is 5.82. The van der Waals surface area contributed by atoms with E-state index >= 15 is 0 Å². The summed E-state index contributed by atoms with van der Waals surface area (Å²) in [4.78, 5) is 23.4. The van der Waals surface area contributed by atoms with Crippen molar-refractivity contribution < 1.29 is 9.59 Å². The second kappa shape index (κ2) is 8.78. The molecule has 0 bridgehead atoms. The first-order valence-corrected chi connectivity index (χ1v) is 8.33. The maximum atomic E-state index is 12.1. The molecule has 0 aromatic heterocycles. The molecule has 2 N–H and O–H groups in total. The van der Waals surface area contributed by atoms with Gasteiger partial charge >= 0.3 is 0 Å². The molecule has 0 aliphatic carbocycles. The van der Waals surface area contributed by atoms with Crippen LogP contribution in [0.15, 0.2) is 53.6 Å². The zero-order valence-corrected chi connectivity index (χ0v) is 14.7. The van der Waals surface area contributed by atoms with Crippen LogP contribution in [0.3, 0.4) is 0 Å². The Balaban J connectivity index is 1.92. The standard InChI is InChI=1S/C20H23N3O2/c1-4-19(24)22-18-11-9-17(10-12-18)20(25)23-21-13-15-5-7-16(8-6-15)14(2)3/h5-14H,4H2,1-3H3,(H,22,24)(H,23,25)/b21-13-. The van der Waals surface area contributed by atoms with Gasteiger partial charge in [0.2, 0.25) is 5.91 Å².